The summed E-state index contributed by atoms with van der Waals surface area (Å²) in [4.78, 5) is 0. The fourth-order valence-corrected chi connectivity index (χ4v) is 1.63. The lowest BCUT2D eigenvalue weighted by Crippen LogP contribution is -2.13. The molecule has 0 aliphatic heterocycles. The molecule has 0 aromatic rings. The molecule has 0 aliphatic rings. The molecule has 0 N–H and O–H groups in total. The van der Waals surface area contributed by atoms with Crippen molar-refractivity contribution in [2.24, 2.45) is 0 Å². The van der Waals surface area contributed by atoms with E-state index in [1.807, 2.05) is 13.8 Å². The fourth-order valence-electron chi connectivity index (χ4n) is 1.63. The maximum Gasteiger partial charge on any atom is 0.115 e. The highest BCUT2D eigenvalue weighted by atomic mass is 16.5. The van der Waals surface area contributed by atoms with Crippen LogP contribution in [0.3, 0.4) is 0 Å². The molecule has 0 fully saturated rings. The van der Waals surface area contributed by atoms with Gasteiger partial charge in [-0.15, -0.1) is 0 Å². The van der Waals surface area contributed by atoms with Crippen LogP contribution in [0.5, 0.6) is 0 Å². The maximum atomic E-state index is 5.48. The minimum Gasteiger partial charge on any atom is -0.381 e. The smallest absolute Gasteiger partial charge is 0.115 e. The van der Waals surface area contributed by atoms with Crippen molar-refractivity contribution in [2.75, 3.05) is 26.4 Å². The van der Waals surface area contributed by atoms with Gasteiger partial charge in [-0.05, 0) is 32.1 Å². The summed E-state index contributed by atoms with van der Waals surface area (Å²) in [5.41, 5.74) is 0. The van der Waals surface area contributed by atoms with Crippen molar-refractivity contribution in [3.8, 4) is 0 Å². The minimum absolute atomic E-state index is 0.0958. The van der Waals surface area contributed by atoms with E-state index in [4.69, 9.17) is 33.2 Å². The van der Waals surface area contributed by atoms with Gasteiger partial charge in [0.15, 0.2) is 0 Å². The summed E-state index contributed by atoms with van der Waals surface area (Å²) in [5, 5.41) is 0. The molecule has 2 atom stereocenters. The first kappa shape index (κ1) is 18.8. The van der Waals surface area contributed by atoms with Crippen LogP contribution in [0.2, 0.25) is 0 Å². The van der Waals surface area contributed by atoms with E-state index in [0.29, 0.717) is 26.4 Å². The van der Waals surface area contributed by atoms with Crippen molar-refractivity contribution in [2.45, 2.75) is 58.2 Å². The monoisotopic (exact) mass is 272 g/mol. The molecule has 112 valence electrons. The van der Waals surface area contributed by atoms with Crippen LogP contribution in [0.4, 0.5) is 0 Å². The van der Waals surface area contributed by atoms with E-state index in [2.05, 4.69) is 0 Å². The molecule has 0 rings (SSSR count). The SMILES string of the molecule is [CH]OC(CC)CCOCCCOCCC(CC)O[CH]. The van der Waals surface area contributed by atoms with Gasteiger partial charge in [-0.25, -0.2) is 0 Å². The highest BCUT2D eigenvalue weighted by Crippen LogP contribution is 2.04. The van der Waals surface area contributed by atoms with Crippen LogP contribution in [0.25, 0.3) is 0 Å². The second-order valence-electron chi connectivity index (χ2n) is 4.49. The maximum absolute atomic E-state index is 5.48. The van der Waals surface area contributed by atoms with Gasteiger partial charge in [0, 0.05) is 26.4 Å². The molecule has 0 aromatic carbocycles. The summed E-state index contributed by atoms with van der Waals surface area (Å²) in [7, 11) is 10.3. The van der Waals surface area contributed by atoms with E-state index in [1.54, 1.807) is 0 Å². The van der Waals surface area contributed by atoms with Crippen LogP contribution in [0, 0.1) is 14.2 Å². The van der Waals surface area contributed by atoms with Gasteiger partial charge in [0.25, 0.3) is 0 Å². The number of hydrogen-bond acceptors (Lipinski definition) is 4. The van der Waals surface area contributed by atoms with E-state index >= 15 is 0 Å². The molecule has 4 nitrogen and oxygen atoms in total. The normalized spacial score (nSPS) is 14.5. The lowest BCUT2D eigenvalue weighted by molar-refractivity contribution is 0.0412. The van der Waals surface area contributed by atoms with Gasteiger partial charge in [-0.1, -0.05) is 13.8 Å². The fraction of sp³-hybridized carbons (Fsp3) is 0.867. The van der Waals surface area contributed by atoms with Crippen molar-refractivity contribution in [1.82, 2.24) is 0 Å². The summed E-state index contributed by atoms with van der Waals surface area (Å²) in [5.74, 6) is 0. The zero-order chi connectivity index (χ0) is 14.3. The number of hydrogen-bond donors (Lipinski definition) is 0. The molecule has 19 heavy (non-hydrogen) atoms. The zero-order valence-electron chi connectivity index (χ0n) is 12.3. The zero-order valence-corrected chi connectivity index (χ0v) is 12.3. The van der Waals surface area contributed by atoms with Crippen molar-refractivity contribution >= 4 is 0 Å². The van der Waals surface area contributed by atoms with E-state index in [-0.39, 0.29) is 12.2 Å². The van der Waals surface area contributed by atoms with Crippen LogP contribution in [0.15, 0.2) is 0 Å². The van der Waals surface area contributed by atoms with Crippen molar-refractivity contribution in [1.29, 1.82) is 0 Å². The molecule has 4 radical (unpaired) electrons. The van der Waals surface area contributed by atoms with Crippen LogP contribution in [0.1, 0.15) is 46.0 Å². The standard InChI is InChI=1S/C15H28O4/c1-5-14(16-3)8-12-18-10-7-11-19-13-9-15(6-2)17-4/h3-4,14-15H,5-13H2,1-2H3. The first-order chi connectivity index (χ1) is 9.28. The first-order valence-electron chi connectivity index (χ1n) is 7.14. The third-order valence-corrected chi connectivity index (χ3v) is 3.04. The predicted molar refractivity (Wildman–Crippen MR) is 74.4 cm³/mol. The van der Waals surface area contributed by atoms with Gasteiger partial charge in [-0.3, -0.25) is 0 Å². The largest absolute Gasteiger partial charge is 0.381 e. The Hall–Kier alpha value is -0.160. The molecular weight excluding hydrogens is 244 g/mol. The highest BCUT2D eigenvalue weighted by molar-refractivity contribution is 4.55. The average Bonchev–Trinajstić information content (AvgIpc) is 2.45. The Kier molecular flexibility index (Phi) is 14.1. The van der Waals surface area contributed by atoms with Crippen LogP contribution >= 0.6 is 0 Å². The molecule has 0 aromatic heterocycles. The molecule has 0 saturated carbocycles. The second kappa shape index (κ2) is 14.3. The third-order valence-electron chi connectivity index (χ3n) is 3.04. The molecule has 2 unspecified atom stereocenters. The molecule has 0 saturated heterocycles. The van der Waals surface area contributed by atoms with Crippen LogP contribution in [-0.4, -0.2) is 38.6 Å². The van der Waals surface area contributed by atoms with Crippen LogP contribution in [-0.2, 0) is 18.9 Å². The summed E-state index contributed by atoms with van der Waals surface area (Å²) in [6.07, 6.45) is 4.56. The topological polar surface area (TPSA) is 36.9 Å². The van der Waals surface area contributed by atoms with E-state index in [9.17, 15) is 0 Å². The van der Waals surface area contributed by atoms with Gasteiger partial charge in [0.2, 0.25) is 0 Å². The Balaban J connectivity index is 3.19. The van der Waals surface area contributed by atoms with Crippen molar-refractivity contribution < 1.29 is 18.9 Å². The van der Waals surface area contributed by atoms with Crippen molar-refractivity contribution in [3.05, 3.63) is 14.2 Å². The third kappa shape index (κ3) is 11.4. The summed E-state index contributed by atoms with van der Waals surface area (Å²) < 4.78 is 20.5. The Bertz CT molecular complexity index is 150. The van der Waals surface area contributed by atoms with Gasteiger partial charge in [-0.2, -0.15) is 0 Å². The number of ether oxygens (including phenoxy) is 4. The lowest BCUT2D eigenvalue weighted by atomic mass is 10.2. The molecule has 0 heterocycles. The Morgan fingerprint density at radius 2 is 1.16 bits per heavy atom. The Morgan fingerprint density at radius 1 is 0.737 bits per heavy atom. The predicted octanol–water partition coefficient (Wildman–Crippen LogP) is 3.12. The van der Waals surface area contributed by atoms with E-state index in [1.165, 1.54) is 0 Å². The molecule has 0 bridgehead atoms. The quantitative estimate of drug-likeness (QED) is 0.455. The molecular formula is C15H28O4. The van der Waals surface area contributed by atoms with E-state index in [0.717, 1.165) is 32.1 Å². The molecule has 0 aliphatic carbocycles. The van der Waals surface area contributed by atoms with E-state index < -0.39 is 0 Å². The first-order valence-corrected chi connectivity index (χ1v) is 7.14. The second-order valence-corrected chi connectivity index (χ2v) is 4.49. The lowest BCUT2D eigenvalue weighted by Gasteiger charge is -2.13. The average molecular weight is 272 g/mol. The summed E-state index contributed by atoms with van der Waals surface area (Å²) >= 11 is 0. The molecule has 4 heteroatoms. The summed E-state index contributed by atoms with van der Waals surface area (Å²) in [6.45, 7) is 6.83. The summed E-state index contributed by atoms with van der Waals surface area (Å²) in [6, 6.07) is 0. The molecule has 0 amide bonds. The van der Waals surface area contributed by atoms with Gasteiger partial charge >= 0.3 is 0 Å². The van der Waals surface area contributed by atoms with Gasteiger partial charge in [0.05, 0.1) is 12.2 Å². The van der Waals surface area contributed by atoms with Gasteiger partial charge in [0.1, 0.15) is 14.2 Å². The Morgan fingerprint density at radius 3 is 1.47 bits per heavy atom. The molecule has 0 spiro atoms. The van der Waals surface area contributed by atoms with Crippen LogP contribution < -0.4 is 0 Å². The highest BCUT2D eigenvalue weighted by Gasteiger charge is 2.04. The van der Waals surface area contributed by atoms with Crippen molar-refractivity contribution in [3.63, 3.8) is 0 Å². The Labute approximate surface area is 118 Å². The number of rotatable bonds is 14. The minimum atomic E-state index is 0.0958. The van der Waals surface area contributed by atoms with Gasteiger partial charge < -0.3 is 18.9 Å².